The van der Waals surface area contributed by atoms with Crippen molar-refractivity contribution in [3.63, 3.8) is 0 Å². The van der Waals surface area contributed by atoms with E-state index >= 15 is 0 Å². The van der Waals surface area contributed by atoms with E-state index in [-0.39, 0.29) is 0 Å². The Labute approximate surface area is 122 Å². The lowest BCUT2D eigenvalue weighted by Crippen LogP contribution is -2.43. The van der Waals surface area contributed by atoms with Gasteiger partial charge in [0.1, 0.15) is 0 Å². The number of hydrogen-bond acceptors (Lipinski definition) is 3. The molecule has 110 valence electrons. The summed E-state index contributed by atoms with van der Waals surface area (Å²) in [5, 5.41) is 3.77. The SMILES string of the molecule is COCCC(C)N1CC(C2CC2)NCc2ccccc21. The minimum Gasteiger partial charge on any atom is -0.385 e. The molecular weight excluding hydrogens is 248 g/mol. The fraction of sp³-hybridized carbons (Fsp3) is 0.647. The third kappa shape index (κ3) is 2.99. The minimum absolute atomic E-state index is 0.525. The number of anilines is 1. The summed E-state index contributed by atoms with van der Waals surface area (Å²) in [7, 11) is 1.79. The van der Waals surface area contributed by atoms with Crippen LogP contribution in [0.15, 0.2) is 24.3 Å². The van der Waals surface area contributed by atoms with E-state index in [1.54, 1.807) is 7.11 Å². The van der Waals surface area contributed by atoms with Crippen molar-refractivity contribution in [2.24, 2.45) is 5.92 Å². The lowest BCUT2D eigenvalue weighted by atomic mass is 10.1. The summed E-state index contributed by atoms with van der Waals surface area (Å²) in [4.78, 5) is 2.59. The molecule has 1 heterocycles. The number of ether oxygens (including phenoxy) is 1. The largest absolute Gasteiger partial charge is 0.385 e. The second kappa shape index (κ2) is 6.15. The van der Waals surface area contributed by atoms with Crippen LogP contribution in [0.2, 0.25) is 0 Å². The highest BCUT2D eigenvalue weighted by Gasteiger charge is 2.35. The minimum atomic E-state index is 0.525. The summed E-state index contributed by atoms with van der Waals surface area (Å²) in [6.07, 6.45) is 3.88. The second-order valence-corrected chi connectivity index (χ2v) is 6.24. The highest BCUT2D eigenvalue weighted by Crippen LogP contribution is 2.36. The Hall–Kier alpha value is -1.06. The van der Waals surface area contributed by atoms with Gasteiger partial charge in [0.05, 0.1) is 0 Å². The van der Waals surface area contributed by atoms with Crippen LogP contribution in [0.1, 0.15) is 31.7 Å². The van der Waals surface area contributed by atoms with E-state index in [4.69, 9.17) is 4.74 Å². The molecule has 0 spiro atoms. The Balaban J connectivity index is 1.81. The standard InChI is InChI=1S/C17H26N2O/c1-13(9-10-20-2)19-12-16(14-7-8-14)18-11-15-5-3-4-6-17(15)19/h3-6,13-14,16,18H,7-12H2,1-2H3. The first kappa shape index (κ1) is 13.9. The number of hydrogen-bond donors (Lipinski definition) is 1. The van der Waals surface area contributed by atoms with Crippen LogP contribution in [0.25, 0.3) is 0 Å². The second-order valence-electron chi connectivity index (χ2n) is 6.24. The number of nitrogens with zero attached hydrogens (tertiary/aromatic N) is 1. The number of benzene rings is 1. The van der Waals surface area contributed by atoms with Gasteiger partial charge < -0.3 is 15.0 Å². The molecule has 1 aromatic rings. The molecule has 20 heavy (non-hydrogen) atoms. The summed E-state index contributed by atoms with van der Waals surface area (Å²) in [6.45, 7) is 5.30. The van der Waals surface area contributed by atoms with Gasteiger partial charge in [-0.05, 0) is 43.7 Å². The molecule has 2 atom stereocenters. The quantitative estimate of drug-likeness (QED) is 0.893. The molecule has 2 unspecified atom stereocenters. The molecule has 2 aliphatic rings. The van der Waals surface area contributed by atoms with E-state index in [0.717, 1.165) is 32.0 Å². The van der Waals surface area contributed by atoms with Gasteiger partial charge in [-0.2, -0.15) is 0 Å². The number of methoxy groups -OCH3 is 1. The first-order chi connectivity index (χ1) is 9.79. The van der Waals surface area contributed by atoms with Crippen molar-refractivity contribution in [3.8, 4) is 0 Å². The van der Waals surface area contributed by atoms with Gasteiger partial charge in [0, 0.05) is 44.6 Å². The molecular formula is C17H26N2O. The number of rotatable bonds is 5. The Morgan fingerprint density at radius 3 is 2.90 bits per heavy atom. The van der Waals surface area contributed by atoms with E-state index in [0.29, 0.717) is 12.1 Å². The first-order valence-electron chi connectivity index (χ1n) is 7.86. The molecule has 0 bridgehead atoms. The average Bonchev–Trinajstić information content (AvgIpc) is 3.30. The molecule has 1 aromatic carbocycles. The van der Waals surface area contributed by atoms with Gasteiger partial charge in [-0.15, -0.1) is 0 Å². The molecule has 0 aromatic heterocycles. The van der Waals surface area contributed by atoms with Gasteiger partial charge in [0.15, 0.2) is 0 Å². The van der Waals surface area contributed by atoms with E-state index in [1.165, 1.54) is 24.1 Å². The molecule has 3 rings (SSSR count). The van der Waals surface area contributed by atoms with Crippen LogP contribution in [-0.4, -0.2) is 32.3 Å². The maximum Gasteiger partial charge on any atom is 0.0481 e. The van der Waals surface area contributed by atoms with Crippen LogP contribution in [0, 0.1) is 5.92 Å². The van der Waals surface area contributed by atoms with Crippen LogP contribution >= 0.6 is 0 Å². The molecule has 1 aliphatic heterocycles. The van der Waals surface area contributed by atoms with Crippen LogP contribution in [-0.2, 0) is 11.3 Å². The summed E-state index contributed by atoms with van der Waals surface area (Å²) in [5.41, 5.74) is 2.84. The Kier molecular flexibility index (Phi) is 4.27. The fourth-order valence-corrected chi connectivity index (χ4v) is 3.23. The van der Waals surface area contributed by atoms with Crippen LogP contribution < -0.4 is 10.2 Å². The van der Waals surface area contributed by atoms with Crippen molar-refractivity contribution in [2.75, 3.05) is 25.2 Å². The Morgan fingerprint density at radius 1 is 1.35 bits per heavy atom. The lowest BCUT2D eigenvalue weighted by Gasteiger charge is -2.33. The van der Waals surface area contributed by atoms with Crippen molar-refractivity contribution in [1.29, 1.82) is 0 Å². The predicted octanol–water partition coefficient (Wildman–Crippen LogP) is 2.80. The highest BCUT2D eigenvalue weighted by atomic mass is 16.5. The van der Waals surface area contributed by atoms with E-state index < -0.39 is 0 Å². The zero-order valence-electron chi connectivity index (χ0n) is 12.6. The molecule has 0 saturated heterocycles. The molecule has 1 N–H and O–H groups in total. The highest BCUT2D eigenvalue weighted by molar-refractivity contribution is 5.55. The lowest BCUT2D eigenvalue weighted by molar-refractivity contribution is 0.188. The van der Waals surface area contributed by atoms with Crippen molar-refractivity contribution in [1.82, 2.24) is 5.32 Å². The van der Waals surface area contributed by atoms with E-state index in [1.807, 2.05) is 0 Å². The number of fused-ring (bicyclic) bond motifs is 1. The summed E-state index contributed by atoms with van der Waals surface area (Å²) < 4.78 is 5.27. The maximum absolute atomic E-state index is 5.27. The van der Waals surface area contributed by atoms with E-state index in [9.17, 15) is 0 Å². The predicted molar refractivity (Wildman–Crippen MR) is 83.1 cm³/mol. The van der Waals surface area contributed by atoms with Crippen molar-refractivity contribution in [3.05, 3.63) is 29.8 Å². The zero-order chi connectivity index (χ0) is 13.9. The molecule has 1 saturated carbocycles. The van der Waals surface area contributed by atoms with Crippen molar-refractivity contribution < 1.29 is 4.74 Å². The third-order valence-electron chi connectivity index (χ3n) is 4.71. The first-order valence-corrected chi connectivity index (χ1v) is 7.86. The third-order valence-corrected chi connectivity index (χ3v) is 4.71. The van der Waals surface area contributed by atoms with Gasteiger partial charge in [-0.1, -0.05) is 18.2 Å². The smallest absolute Gasteiger partial charge is 0.0481 e. The van der Waals surface area contributed by atoms with Crippen LogP contribution in [0.3, 0.4) is 0 Å². The monoisotopic (exact) mass is 274 g/mol. The van der Waals surface area contributed by atoms with Gasteiger partial charge in [0.25, 0.3) is 0 Å². The molecule has 3 heteroatoms. The molecule has 1 aliphatic carbocycles. The Morgan fingerprint density at radius 2 is 2.15 bits per heavy atom. The van der Waals surface area contributed by atoms with Gasteiger partial charge in [-0.3, -0.25) is 0 Å². The molecule has 1 fully saturated rings. The average molecular weight is 274 g/mol. The van der Waals surface area contributed by atoms with Gasteiger partial charge in [0.2, 0.25) is 0 Å². The van der Waals surface area contributed by atoms with Gasteiger partial charge in [-0.25, -0.2) is 0 Å². The molecule has 3 nitrogen and oxygen atoms in total. The number of para-hydroxylation sites is 1. The maximum atomic E-state index is 5.27. The van der Waals surface area contributed by atoms with Crippen LogP contribution in [0.4, 0.5) is 5.69 Å². The molecule has 0 amide bonds. The van der Waals surface area contributed by atoms with E-state index in [2.05, 4.69) is 41.4 Å². The fourth-order valence-electron chi connectivity index (χ4n) is 3.23. The normalized spacial score (nSPS) is 24.1. The zero-order valence-corrected chi connectivity index (χ0v) is 12.6. The Bertz CT molecular complexity index is 444. The topological polar surface area (TPSA) is 24.5 Å². The summed E-state index contributed by atoms with van der Waals surface area (Å²) in [6, 6.07) is 10.0. The number of nitrogens with one attached hydrogen (secondary N) is 1. The summed E-state index contributed by atoms with van der Waals surface area (Å²) >= 11 is 0. The van der Waals surface area contributed by atoms with Crippen molar-refractivity contribution in [2.45, 2.75) is 44.8 Å². The van der Waals surface area contributed by atoms with Crippen molar-refractivity contribution >= 4 is 5.69 Å². The molecule has 0 radical (unpaired) electrons. The van der Waals surface area contributed by atoms with Gasteiger partial charge >= 0.3 is 0 Å². The van der Waals surface area contributed by atoms with Crippen LogP contribution in [0.5, 0.6) is 0 Å². The summed E-state index contributed by atoms with van der Waals surface area (Å²) in [5.74, 6) is 0.890.